The zero-order valence-corrected chi connectivity index (χ0v) is 11.7. The fourth-order valence-corrected chi connectivity index (χ4v) is 1.94. The minimum atomic E-state index is -0.534. The van der Waals surface area contributed by atoms with Gasteiger partial charge in [-0.1, -0.05) is 17.3 Å². The van der Waals surface area contributed by atoms with E-state index in [1.54, 1.807) is 12.1 Å². The molecule has 0 saturated heterocycles. The molecule has 108 valence electrons. The summed E-state index contributed by atoms with van der Waals surface area (Å²) in [5, 5.41) is 14.2. The lowest BCUT2D eigenvalue weighted by molar-refractivity contribution is 0.0497. The molecular formula is C14H18N2O4. The van der Waals surface area contributed by atoms with E-state index in [9.17, 15) is 4.79 Å². The van der Waals surface area contributed by atoms with Gasteiger partial charge in [0.05, 0.1) is 12.3 Å². The van der Waals surface area contributed by atoms with Crippen molar-refractivity contribution in [2.75, 3.05) is 6.61 Å². The summed E-state index contributed by atoms with van der Waals surface area (Å²) in [6.45, 7) is 5.79. The van der Waals surface area contributed by atoms with E-state index in [4.69, 9.17) is 14.7 Å². The van der Waals surface area contributed by atoms with Gasteiger partial charge in [-0.3, -0.25) is 0 Å². The smallest absolute Gasteiger partial charge is 0.408 e. The van der Waals surface area contributed by atoms with E-state index in [0.29, 0.717) is 12.4 Å². The minimum Gasteiger partial charge on any atom is -0.491 e. The third kappa shape index (κ3) is 3.40. The molecule has 1 aromatic carbocycles. The molecular weight excluding hydrogens is 260 g/mol. The van der Waals surface area contributed by atoms with Crippen molar-refractivity contribution in [2.24, 2.45) is 5.16 Å². The number of rotatable bonds is 2. The molecule has 2 rings (SSSR count). The highest BCUT2D eigenvalue weighted by atomic mass is 16.6. The van der Waals surface area contributed by atoms with Crippen molar-refractivity contribution in [2.45, 2.75) is 32.4 Å². The van der Waals surface area contributed by atoms with E-state index in [0.717, 1.165) is 11.1 Å². The Labute approximate surface area is 117 Å². The lowest BCUT2D eigenvalue weighted by Crippen LogP contribution is -2.35. The number of nitrogens with zero attached hydrogens (tertiary/aromatic N) is 1. The van der Waals surface area contributed by atoms with E-state index in [2.05, 4.69) is 10.5 Å². The highest BCUT2D eigenvalue weighted by molar-refractivity contribution is 5.80. The fourth-order valence-electron chi connectivity index (χ4n) is 1.94. The number of fused-ring (bicyclic) bond motifs is 1. The molecule has 2 N–H and O–H groups in total. The molecule has 0 aliphatic carbocycles. The number of hydrogen-bond donors (Lipinski definition) is 2. The van der Waals surface area contributed by atoms with Crippen LogP contribution in [-0.4, -0.2) is 29.7 Å². The first-order chi connectivity index (χ1) is 9.39. The monoisotopic (exact) mass is 278 g/mol. The van der Waals surface area contributed by atoms with E-state index < -0.39 is 11.7 Å². The molecule has 0 radical (unpaired) electrons. The summed E-state index contributed by atoms with van der Waals surface area (Å²) in [5.74, 6) is 0.670. The van der Waals surface area contributed by atoms with E-state index in [1.165, 1.54) is 6.21 Å². The van der Waals surface area contributed by atoms with Gasteiger partial charge in [-0.2, -0.15) is 0 Å². The number of carbonyl (C=O) groups is 1. The molecule has 0 fully saturated rings. The van der Waals surface area contributed by atoms with Crippen LogP contribution in [0.1, 0.15) is 37.9 Å². The summed E-state index contributed by atoms with van der Waals surface area (Å²) in [5.41, 5.74) is 1.07. The predicted octanol–water partition coefficient (Wildman–Crippen LogP) is 2.45. The van der Waals surface area contributed by atoms with Crippen LogP contribution in [0, 0.1) is 0 Å². The van der Waals surface area contributed by atoms with Gasteiger partial charge in [0, 0.05) is 5.56 Å². The second kappa shape index (κ2) is 5.40. The Morgan fingerprint density at radius 1 is 1.55 bits per heavy atom. The van der Waals surface area contributed by atoms with Gasteiger partial charge in [0.1, 0.15) is 18.0 Å². The SMILES string of the molecule is CC(C)(C)OC(=O)N[C@@H]1COc2cc(/C=N/O)ccc21. The summed E-state index contributed by atoms with van der Waals surface area (Å²) >= 11 is 0. The van der Waals surface area contributed by atoms with Crippen molar-refractivity contribution < 1.29 is 19.5 Å². The molecule has 1 aliphatic rings. The van der Waals surface area contributed by atoms with Crippen LogP contribution >= 0.6 is 0 Å². The van der Waals surface area contributed by atoms with Gasteiger partial charge in [0.15, 0.2) is 0 Å². The molecule has 0 aromatic heterocycles. The van der Waals surface area contributed by atoms with Gasteiger partial charge in [0.25, 0.3) is 0 Å². The second-order valence-corrected chi connectivity index (χ2v) is 5.55. The number of nitrogens with one attached hydrogen (secondary N) is 1. The van der Waals surface area contributed by atoms with Crippen molar-refractivity contribution in [1.82, 2.24) is 5.32 Å². The molecule has 0 saturated carbocycles. The first-order valence-corrected chi connectivity index (χ1v) is 6.33. The van der Waals surface area contributed by atoms with Crippen LogP contribution in [0.3, 0.4) is 0 Å². The molecule has 1 amide bonds. The molecule has 1 heterocycles. The largest absolute Gasteiger partial charge is 0.491 e. The van der Waals surface area contributed by atoms with Crippen molar-refractivity contribution in [3.8, 4) is 5.75 Å². The van der Waals surface area contributed by atoms with Gasteiger partial charge in [-0.15, -0.1) is 0 Å². The highest BCUT2D eigenvalue weighted by Crippen LogP contribution is 2.32. The van der Waals surface area contributed by atoms with E-state index in [1.807, 2.05) is 26.8 Å². The minimum absolute atomic E-state index is 0.236. The quantitative estimate of drug-likeness (QED) is 0.494. The van der Waals surface area contributed by atoms with Crippen molar-refractivity contribution in [1.29, 1.82) is 0 Å². The molecule has 0 spiro atoms. The number of ether oxygens (including phenoxy) is 2. The number of carbonyl (C=O) groups excluding carboxylic acids is 1. The third-order valence-electron chi connectivity index (χ3n) is 2.72. The Hall–Kier alpha value is -2.24. The fraction of sp³-hybridized carbons (Fsp3) is 0.429. The Morgan fingerprint density at radius 2 is 2.30 bits per heavy atom. The number of hydrogen-bond acceptors (Lipinski definition) is 5. The maximum atomic E-state index is 11.8. The summed E-state index contributed by atoms with van der Waals surface area (Å²) in [6.07, 6.45) is 0.845. The van der Waals surface area contributed by atoms with Crippen LogP contribution in [0.15, 0.2) is 23.4 Å². The first-order valence-electron chi connectivity index (χ1n) is 6.33. The lowest BCUT2D eigenvalue weighted by Gasteiger charge is -2.21. The van der Waals surface area contributed by atoms with Crippen molar-refractivity contribution in [3.63, 3.8) is 0 Å². The zero-order chi connectivity index (χ0) is 14.8. The molecule has 1 atom stereocenters. The molecule has 1 aromatic rings. The second-order valence-electron chi connectivity index (χ2n) is 5.55. The van der Waals surface area contributed by atoms with Gasteiger partial charge < -0.3 is 20.0 Å². The first kappa shape index (κ1) is 14.2. The van der Waals surface area contributed by atoms with Crippen molar-refractivity contribution >= 4 is 12.3 Å². The maximum absolute atomic E-state index is 11.8. The molecule has 6 nitrogen and oxygen atoms in total. The third-order valence-corrected chi connectivity index (χ3v) is 2.72. The summed E-state index contributed by atoms with van der Waals surface area (Å²) in [4.78, 5) is 11.8. The topological polar surface area (TPSA) is 80.2 Å². The zero-order valence-electron chi connectivity index (χ0n) is 11.7. The molecule has 1 aliphatic heterocycles. The van der Waals surface area contributed by atoms with Crippen LogP contribution in [-0.2, 0) is 4.74 Å². The molecule has 6 heteroatoms. The Morgan fingerprint density at radius 3 is 2.95 bits per heavy atom. The summed E-state index contributed by atoms with van der Waals surface area (Å²) < 4.78 is 10.7. The molecule has 0 bridgehead atoms. The van der Waals surface area contributed by atoms with Gasteiger partial charge in [0.2, 0.25) is 0 Å². The normalized spacial score (nSPS) is 17.6. The predicted molar refractivity (Wildman–Crippen MR) is 73.4 cm³/mol. The Kier molecular flexibility index (Phi) is 3.83. The van der Waals surface area contributed by atoms with Crippen molar-refractivity contribution in [3.05, 3.63) is 29.3 Å². The molecule has 0 unspecified atom stereocenters. The van der Waals surface area contributed by atoms with E-state index >= 15 is 0 Å². The average Bonchev–Trinajstić information content (AvgIpc) is 2.70. The van der Waals surface area contributed by atoms with Crippen LogP contribution in [0.5, 0.6) is 5.75 Å². The number of oxime groups is 1. The standard InChI is InChI=1S/C14H18N2O4/c1-14(2,3)20-13(17)16-11-8-19-12-6-9(7-15-18)4-5-10(11)12/h4-7,11,18H,8H2,1-3H3,(H,16,17)/b15-7+/t11-/m1/s1. The Balaban J connectivity index is 2.07. The van der Waals surface area contributed by atoms with Gasteiger partial charge in [-0.25, -0.2) is 4.79 Å². The van der Waals surface area contributed by atoms with E-state index in [-0.39, 0.29) is 6.04 Å². The Bertz CT molecular complexity index is 534. The average molecular weight is 278 g/mol. The number of amides is 1. The summed E-state index contributed by atoms with van der Waals surface area (Å²) in [6, 6.07) is 5.14. The number of benzene rings is 1. The van der Waals surface area contributed by atoms with Gasteiger partial charge in [-0.05, 0) is 32.4 Å². The summed E-state index contributed by atoms with van der Waals surface area (Å²) in [7, 11) is 0. The lowest BCUT2D eigenvalue weighted by atomic mass is 10.1. The maximum Gasteiger partial charge on any atom is 0.408 e. The number of alkyl carbamates (subject to hydrolysis) is 1. The van der Waals surface area contributed by atoms with Crippen LogP contribution in [0.2, 0.25) is 0 Å². The van der Waals surface area contributed by atoms with Crippen LogP contribution in [0.25, 0.3) is 0 Å². The van der Waals surface area contributed by atoms with Crippen LogP contribution in [0.4, 0.5) is 4.79 Å². The van der Waals surface area contributed by atoms with Crippen LogP contribution < -0.4 is 10.1 Å². The van der Waals surface area contributed by atoms with Gasteiger partial charge >= 0.3 is 6.09 Å². The molecule has 20 heavy (non-hydrogen) atoms. The highest BCUT2D eigenvalue weighted by Gasteiger charge is 2.27.